The van der Waals surface area contributed by atoms with E-state index in [0.29, 0.717) is 19.5 Å². The van der Waals surface area contributed by atoms with Crippen molar-refractivity contribution in [2.24, 2.45) is 11.7 Å². The first-order chi connectivity index (χ1) is 8.26. The number of carbonyl (C=O) groups is 1. The Bertz CT molecular complexity index is 266. The molecule has 0 saturated carbocycles. The van der Waals surface area contributed by atoms with Crippen LogP contribution in [0.5, 0.6) is 0 Å². The molecule has 1 amide bonds. The van der Waals surface area contributed by atoms with Crippen molar-refractivity contribution in [2.75, 3.05) is 32.7 Å². The number of hydrogen-bond acceptors (Lipinski definition) is 4. The molecule has 96 valence electrons. The number of likely N-dealkylation sites (tertiary alicyclic amines) is 1. The van der Waals surface area contributed by atoms with Crippen LogP contribution in [-0.4, -0.2) is 43.5 Å². The predicted octanol–water partition coefficient (Wildman–Crippen LogP) is 0.0771. The maximum atomic E-state index is 11.5. The SMILES string of the molecule is N#CCCNC(=O)CN1CCC(CCN)CC1. The van der Waals surface area contributed by atoms with Crippen molar-refractivity contribution >= 4 is 5.91 Å². The Labute approximate surface area is 103 Å². The molecule has 1 saturated heterocycles. The van der Waals surface area contributed by atoms with Crippen molar-refractivity contribution in [1.82, 2.24) is 10.2 Å². The van der Waals surface area contributed by atoms with Crippen LogP contribution in [0.15, 0.2) is 0 Å². The van der Waals surface area contributed by atoms with Crippen LogP contribution in [0, 0.1) is 17.2 Å². The molecule has 5 nitrogen and oxygen atoms in total. The third-order valence-electron chi connectivity index (χ3n) is 3.21. The fourth-order valence-electron chi connectivity index (χ4n) is 2.19. The Morgan fingerprint density at radius 2 is 2.18 bits per heavy atom. The lowest BCUT2D eigenvalue weighted by Gasteiger charge is -2.31. The first-order valence-corrected chi connectivity index (χ1v) is 6.32. The van der Waals surface area contributed by atoms with Gasteiger partial charge in [0, 0.05) is 6.54 Å². The highest BCUT2D eigenvalue weighted by molar-refractivity contribution is 5.78. The largest absolute Gasteiger partial charge is 0.354 e. The highest BCUT2D eigenvalue weighted by atomic mass is 16.2. The zero-order chi connectivity index (χ0) is 12.5. The summed E-state index contributed by atoms with van der Waals surface area (Å²) in [6.07, 6.45) is 3.76. The van der Waals surface area contributed by atoms with Crippen LogP contribution < -0.4 is 11.1 Å². The maximum absolute atomic E-state index is 11.5. The molecular formula is C12H22N4O. The molecule has 1 aliphatic heterocycles. The predicted molar refractivity (Wildman–Crippen MR) is 66.1 cm³/mol. The number of hydrogen-bond donors (Lipinski definition) is 2. The van der Waals surface area contributed by atoms with E-state index in [1.165, 1.54) is 0 Å². The minimum Gasteiger partial charge on any atom is -0.354 e. The molecule has 0 aromatic heterocycles. The van der Waals surface area contributed by atoms with Crippen molar-refractivity contribution in [3.8, 4) is 6.07 Å². The van der Waals surface area contributed by atoms with Crippen molar-refractivity contribution in [3.63, 3.8) is 0 Å². The van der Waals surface area contributed by atoms with Gasteiger partial charge in [-0.15, -0.1) is 0 Å². The van der Waals surface area contributed by atoms with Gasteiger partial charge in [0.05, 0.1) is 19.0 Å². The van der Waals surface area contributed by atoms with Gasteiger partial charge in [-0.25, -0.2) is 0 Å². The van der Waals surface area contributed by atoms with Crippen LogP contribution >= 0.6 is 0 Å². The number of amides is 1. The van der Waals surface area contributed by atoms with Gasteiger partial charge in [-0.2, -0.15) is 5.26 Å². The van der Waals surface area contributed by atoms with Crippen molar-refractivity contribution in [3.05, 3.63) is 0 Å². The highest BCUT2D eigenvalue weighted by Crippen LogP contribution is 2.19. The minimum atomic E-state index is 0.0255. The normalized spacial score (nSPS) is 17.6. The highest BCUT2D eigenvalue weighted by Gasteiger charge is 2.19. The summed E-state index contributed by atoms with van der Waals surface area (Å²) in [7, 11) is 0. The van der Waals surface area contributed by atoms with E-state index in [1.54, 1.807) is 0 Å². The lowest BCUT2D eigenvalue weighted by atomic mass is 9.94. The number of nitrogens with one attached hydrogen (secondary N) is 1. The molecule has 17 heavy (non-hydrogen) atoms. The second-order valence-corrected chi connectivity index (χ2v) is 4.55. The van der Waals surface area contributed by atoms with Crippen LogP contribution in [0.2, 0.25) is 0 Å². The first-order valence-electron chi connectivity index (χ1n) is 6.32. The molecule has 0 aliphatic carbocycles. The molecule has 1 fully saturated rings. The number of nitrogens with two attached hydrogens (primary N) is 1. The molecule has 0 atom stereocenters. The molecule has 3 N–H and O–H groups in total. The lowest BCUT2D eigenvalue weighted by molar-refractivity contribution is -0.122. The molecule has 0 radical (unpaired) electrons. The van der Waals surface area contributed by atoms with E-state index in [4.69, 9.17) is 11.0 Å². The molecule has 0 spiro atoms. The summed E-state index contributed by atoms with van der Waals surface area (Å²) in [6.45, 7) is 3.64. The van der Waals surface area contributed by atoms with Crippen LogP contribution in [0.4, 0.5) is 0 Å². The summed E-state index contributed by atoms with van der Waals surface area (Å²) in [5, 5.41) is 11.1. The van der Waals surface area contributed by atoms with Crippen LogP contribution in [0.25, 0.3) is 0 Å². The molecule has 0 aromatic rings. The zero-order valence-electron chi connectivity index (χ0n) is 10.3. The number of rotatable bonds is 6. The molecule has 0 bridgehead atoms. The van der Waals surface area contributed by atoms with Crippen LogP contribution in [0.3, 0.4) is 0 Å². The number of carbonyl (C=O) groups excluding carboxylic acids is 1. The van der Waals surface area contributed by atoms with Gasteiger partial charge in [-0.1, -0.05) is 0 Å². The van der Waals surface area contributed by atoms with Gasteiger partial charge in [0.1, 0.15) is 0 Å². The first kappa shape index (κ1) is 13.9. The Hall–Kier alpha value is -1.12. The third-order valence-corrected chi connectivity index (χ3v) is 3.21. The van der Waals surface area contributed by atoms with E-state index in [0.717, 1.165) is 44.8 Å². The summed E-state index contributed by atoms with van der Waals surface area (Å²) in [4.78, 5) is 13.7. The number of nitrogens with zero attached hydrogens (tertiary/aromatic N) is 2. The molecule has 1 heterocycles. The van der Waals surface area contributed by atoms with Crippen LogP contribution in [0.1, 0.15) is 25.7 Å². The third kappa shape index (κ3) is 5.66. The van der Waals surface area contributed by atoms with Gasteiger partial charge in [-0.05, 0) is 44.8 Å². The van der Waals surface area contributed by atoms with Gasteiger partial charge in [0.2, 0.25) is 5.91 Å². The fraction of sp³-hybridized carbons (Fsp3) is 0.833. The summed E-state index contributed by atoms with van der Waals surface area (Å²) >= 11 is 0. The number of piperidine rings is 1. The average Bonchev–Trinajstić information content (AvgIpc) is 2.32. The molecule has 0 aromatic carbocycles. The maximum Gasteiger partial charge on any atom is 0.234 e. The second-order valence-electron chi connectivity index (χ2n) is 4.55. The van der Waals surface area contributed by atoms with E-state index in [-0.39, 0.29) is 5.91 Å². The molecule has 1 aliphatic rings. The van der Waals surface area contributed by atoms with E-state index in [2.05, 4.69) is 10.2 Å². The van der Waals surface area contributed by atoms with Crippen molar-refractivity contribution < 1.29 is 4.79 Å². The minimum absolute atomic E-state index is 0.0255. The quantitative estimate of drug-likeness (QED) is 0.642. The smallest absolute Gasteiger partial charge is 0.234 e. The van der Waals surface area contributed by atoms with Crippen LogP contribution in [-0.2, 0) is 4.79 Å². The standard InChI is InChI=1S/C12H22N4O/c13-5-1-7-15-12(17)10-16-8-3-11(2-6-14)4-9-16/h11H,1-4,6-10,14H2,(H,15,17). The molecular weight excluding hydrogens is 216 g/mol. The van der Waals surface area contributed by atoms with Gasteiger partial charge in [0.25, 0.3) is 0 Å². The molecule has 0 unspecified atom stereocenters. The Balaban J connectivity index is 2.13. The molecule has 1 rings (SSSR count). The topological polar surface area (TPSA) is 82.2 Å². The second kappa shape index (κ2) is 8.04. The van der Waals surface area contributed by atoms with Gasteiger partial charge in [-0.3, -0.25) is 9.69 Å². The van der Waals surface area contributed by atoms with E-state index >= 15 is 0 Å². The van der Waals surface area contributed by atoms with Gasteiger partial charge >= 0.3 is 0 Å². The van der Waals surface area contributed by atoms with Crippen molar-refractivity contribution in [2.45, 2.75) is 25.7 Å². The van der Waals surface area contributed by atoms with Crippen molar-refractivity contribution in [1.29, 1.82) is 5.26 Å². The number of nitriles is 1. The average molecular weight is 238 g/mol. The van der Waals surface area contributed by atoms with E-state index < -0.39 is 0 Å². The summed E-state index contributed by atoms with van der Waals surface area (Å²) < 4.78 is 0. The summed E-state index contributed by atoms with van der Waals surface area (Å²) in [5.41, 5.74) is 5.54. The Morgan fingerprint density at radius 1 is 1.47 bits per heavy atom. The van der Waals surface area contributed by atoms with E-state index in [1.807, 2.05) is 6.07 Å². The summed E-state index contributed by atoms with van der Waals surface area (Å²) in [5.74, 6) is 0.760. The van der Waals surface area contributed by atoms with Gasteiger partial charge < -0.3 is 11.1 Å². The van der Waals surface area contributed by atoms with Gasteiger partial charge in [0.15, 0.2) is 0 Å². The molecule has 5 heteroatoms. The van der Waals surface area contributed by atoms with E-state index in [9.17, 15) is 4.79 Å². The Kier molecular flexibility index (Phi) is 6.60. The monoisotopic (exact) mass is 238 g/mol. The lowest BCUT2D eigenvalue weighted by Crippen LogP contribution is -2.41. The Morgan fingerprint density at radius 3 is 2.76 bits per heavy atom. The summed E-state index contributed by atoms with van der Waals surface area (Å²) in [6, 6.07) is 2.01. The fourth-order valence-corrected chi connectivity index (χ4v) is 2.19. The zero-order valence-corrected chi connectivity index (χ0v) is 10.3.